The number of hydrogen-bond acceptors (Lipinski definition) is 4. The Labute approximate surface area is 253 Å². The van der Waals surface area contributed by atoms with Crippen LogP contribution in [0.25, 0.3) is 33.2 Å². The fourth-order valence-corrected chi connectivity index (χ4v) is 5.68. The average Bonchev–Trinajstić information content (AvgIpc) is 3.40. The quantitative estimate of drug-likeness (QED) is 0.152. The van der Waals surface area contributed by atoms with Crippen molar-refractivity contribution in [3.63, 3.8) is 0 Å². The van der Waals surface area contributed by atoms with Crippen molar-refractivity contribution in [1.29, 1.82) is 0 Å². The smallest absolute Gasteiger partial charge is 0.347 e. The number of hydrogen-bond donors (Lipinski definition) is 0. The van der Waals surface area contributed by atoms with E-state index in [2.05, 4.69) is 70.5 Å². The van der Waals surface area contributed by atoms with E-state index < -0.39 is 12.1 Å². The molecule has 1 aromatic heterocycles. The van der Waals surface area contributed by atoms with Gasteiger partial charge in [0.15, 0.2) is 6.10 Å². The Morgan fingerprint density at radius 1 is 0.738 bits per heavy atom. The van der Waals surface area contributed by atoms with Crippen LogP contribution in [0.1, 0.15) is 16.9 Å². The molecule has 0 unspecified atom stereocenters. The molecule has 0 aliphatic heterocycles. The molecule has 4 nitrogen and oxygen atoms in total. The lowest BCUT2D eigenvalue weighted by atomic mass is 9.96. The Balaban J connectivity index is 1.26. The summed E-state index contributed by atoms with van der Waals surface area (Å²) in [6.45, 7) is 0. The summed E-state index contributed by atoms with van der Waals surface area (Å²) in [4.78, 5) is 12.5. The van der Waals surface area contributed by atoms with E-state index in [1.807, 2.05) is 72.8 Å². The van der Waals surface area contributed by atoms with Gasteiger partial charge in [0.2, 0.25) is 0 Å². The molecule has 0 saturated heterocycles. The second kappa shape index (κ2) is 12.5. The molecule has 0 bridgehead atoms. The SMILES string of the molecule is COC(=O)[C@H](Cc1ccccc1)Oc1ccc(-c2ccc(-c3c(Cc4ccccc4)oc4ccccc34)cc2)cc1Br. The summed E-state index contributed by atoms with van der Waals surface area (Å²) >= 11 is 3.65. The van der Waals surface area contributed by atoms with Gasteiger partial charge in [-0.1, -0.05) is 109 Å². The molecule has 208 valence electrons. The van der Waals surface area contributed by atoms with Crippen LogP contribution in [-0.2, 0) is 22.4 Å². The van der Waals surface area contributed by atoms with Crippen LogP contribution in [-0.4, -0.2) is 19.2 Å². The predicted molar refractivity (Wildman–Crippen MR) is 171 cm³/mol. The first kappa shape index (κ1) is 27.6. The molecule has 0 spiro atoms. The topological polar surface area (TPSA) is 48.7 Å². The largest absolute Gasteiger partial charge is 0.477 e. The van der Waals surface area contributed by atoms with Crippen LogP contribution in [0.15, 0.2) is 136 Å². The van der Waals surface area contributed by atoms with Gasteiger partial charge in [-0.2, -0.15) is 0 Å². The summed E-state index contributed by atoms with van der Waals surface area (Å²) in [7, 11) is 1.38. The van der Waals surface area contributed by atoms with Crippen LogP contribution in [0.2, 0.25) is 0 Å². The molecule has 5 heteroatoms. The number of ether oxygens (including phenoxy) is 2. The van der Waals surface area contributed by atoms with Crippen molar-refractivity contribution in [2.45, 2.75) is 18.9 Å². The fraction of sp³-hybridized carbons (Fsp3) is 0.108. The van der Waals surface area contributed by atoms with E-state index in [4.69, 9.17) is 13.9 Å². The number of benzene rings is 5. The maximum atomic E-state index is 12.5. The molecule has 1 atom stereocenters. The first-order valence-corrected chi connectivity index (χ1v) is 14.6. The molecule has 0 aliphatic carbocycles. The molecule has 0 saturated carbocycles. The molecule has 0 fully saturated rings. The van der Waals surface area contributed by atoms with Crippen molar-refractivity contribution in [1.82, 2.24) is 0 Å². The Morgan fingerprint density at radius 3 is 2.05 bits per heavy atom. The van der Waals surface area contributed by atoms with E-state index in [9.17, 15) is 4.79 Å². The molecule has 6 aromatic rings. The van der Waals surface area contributed by atoms with Gasteiger partial charge >= 0.3 is 5.97 Å². The third kappa shape index (κ3) is 6.02. The van der Waals surface area contributed by atoms with Crippen LogP contribution < -0.4 is 4.74 Å². The molecule has 0 aliphatic rings. The molecular weight excluding hydrogens is 588 g/mol. The van der Waals surface area contributed by atoms with Gasteiger partial charge in [0.1, 0.15) is 17.1 Å². The minimum atomic E-state index is -0.756. The van der Waals surface area contributed by atoms with Gasteiger partial charge in [-0.15, -0.1) is 0 Å². The minimum absolute atomic E-state index is 0.413. The maximum absolute atomic E-state index is 12.5. The molecule has 0 N–H and O–H groups in total. The van der Waals surface area contributed by atoms with Crippen LogP contribution in [0.5, 0.6) is 5.75 Å². The van der Waals surface area contributed by atoms with E-state index in [1.54, 1.807) is 0 Å². The lowest BCUT2D eigenvalue weighted by Gasteiger charge is -2.18. The zero-order valence-corrected chi connectivity index (χ0v) is 24.7. The third-order valence-electron chi connectivity index (χ3n) is 7.31. The van der Waals surface area contributed by atoms with Crippen LogP contribution in [0.3, 0.4) is 0 Å². The second-order valence-electron chi connectivity index (χ2n) is 10.1. The van der Waals surface area contributed by atoms with E-state index in [0.29, 0.717) is 12.2 Å². The Morgan fingerprint density at radius 2 is 1.36 bits per heavy atom. The standard InChI is InChI=1S/C37H29BrO4/c1-40-37(39)35(23-26-12-6-3-7-13-26)42-33-21-20-29(24-31(33)38)27-16-18-28(19-17-27)36-30-14-8-9-15-32(30)41-34(36)22-25-10-4-2-5-11-25/h2-21,24,35H,22-23H2,1H3/t35-/m0/s1. The number of fused-ring (bicyclic) bond motifs is 1. The molecule has 6 rings (SSSR count). The normalized spacial score (nSPS) is 11.8. The summed E-state index contributed by atoms with van der Waals surface area (Å²) in [5.41, 5.74) is 7.42. The minimum Gasteiger partial charge on any atom is -0.477 e. The first-order valence-electron chi connectivity index (χ1n) is 13.8. The highest BCUT2D eigenvalue weighted by Crippen LogP contribution is 2.38. The van der Waals surface area contributed by atoms with Gasteiger partial charge in [-0.3, -0.25) is 0 Å². The lowest BCUT2D eigenvalue weighted by molar-refractivity contribution is -0.148. The summed E-state index contributed by atoms with van der Waals surface area (Å²) in [5.74, 6) is 1.12. The van der Waals surface area contributed by atoms with Crippen molar-refractivity contribution in [2.75, 3.05) is 7.11 Å². The molecule has 1 heterocycles. The molecule has 0 amide bonds. The Hall–Kier alpha value is -4.61. The summed E-state index contributed by atoms with van der Waals surface area (Å²) in [5, 5.41) is 1.11. The van der Waals surface area contributed by atoms with Crippen LogP contribution in [0, 0.1) is 0 Å². The van der Waals surface area contributed by atoms with Gasteiger partial charge in [0.05, 0.1) is 11.6 Å². The highest BCUT2D eigenvalue weighted by Gasteiger charge is 2.23. The number of esters is 1. The number of carbonyl (C=O) groups is 1. The average molecular weight is 618 g/mol. The van der Waals surface area contributed by atoms with Gasteiger partial charge in [-0.25, -0.2) is 4.79 Å². The van der Waals surface area contributed by atoms with Gasteiger partial charge in [-0.05, 0) is 61.9 Å². The molecule has 0 radical (unpaired) electrons. The van der Waals surface area contributed by atoms with E-state index >= 15 is 0 Å². The zero-order chi connectivity index (χ0) is 28.9. The second-order valence-corrected chi connectivity index (χ2v) is 11.0. The lowest BCUT2D eigenvalue weighted by Crippen LogP contribution is -2.31. The summed E-state index contributed by atoms with van der Waals surface area (Å²) < 4.78 is 18.2. The Bertz CT molecular complexity index is 1810. The van der Waals surface area contributed by atoms with Crippen LogP contribution in [0.4, 0.5) is 0 Å². The highest BCUT2D eigenvalue weighted by molar-refractivity contribution is 9.10. The molecule has 42 heavy (non-hydrogen) atoms. The number of furan rings is 1. The predicted octanol–water partition coefficient (Wildman–Crippen LogP) is 9.28. The number of carbonyl (C=O) groups excluding carboxylic acids is 1. The van der Waals surface area contributed by atoms with Gasteiger partial charge < -0.3 is 13.9 Å². The van der Waals surface area contributed by atoms with Gasteiger partial charge in [0, 0.05) is 23.8 Å². The molecular formula is C37H29BrO4. The van der Waals surface area contributed by atoms with Crippen molar-refractivity contribution in [3.8, 4) is 28.0 Å². The summed E-state index contributed by atoms with van der Waals surface area (Å²) in [6, 6.07) is 42.8. The Kier molecular flexibility index (Phi) is 8.20. The number of rotatable bonds is 9. The van der Waals surface area contributed by atoms with Crippen molar-refractivity contribution in [3.05, 3.63) is 149 Å². The van der Waals surface area contributed by atoms with E-state index in [-0.39, 0.29) is 0 Å². The van der Waals surface area contributed by atoms with Crippen molar-refractivity contribution in [2.24, 2.45) is 0 Å². The van der Waals surface area contributed by atoms with Crippen LogP contribution >= 0.6 is 15.9 Å². The third-order valence-corrected chi connectivity index (χ3v) is 7.93. The number of para-hydroxylation sites is 1. The first-order chi connectivity index (χ1) is 20.6. The zero-order valence-electron chi connectivity index (χ0n) is 23.1. The number of halogens is 1. The highest BCUT2D eigenvalue weighted by atomic mass is 79.9. The summed E-state index contributed by atoms with van der Waals surface area (Å²) in [6.07, 6.45) is 0.379. The van der Waals surface area contributed by atoms with E-state index in [1.165, 1.54) is 12.7 Å². The van der Waals surface area contributed by atoms with Gasteiger partial charge in [0.25, 0.3) is 0 Å². The van der Waals surface area contributed by atoms with Crippen molar-refractivity contribution < 1.29 is 18.7 Å². The van der Waals surface area contributed by atoms with E-state index in [0.717, 1.165) is 55.4 Å². The molecule has 5 aromatic carbocycles. The maximum Gasteiger partial charge on any atom is 0.347 e. The monoisotopic (exact) mass is 616 g/mol. The number of methoxy groups -OCH3 is 1. The fourth-order valence-electron chi connectivity index (χ4n) is 5.21. The van der Waals surface area contributed by atoms with Crippen molar-refractivity contribution >= 4 is 32.9 Å².